The molecule has 0 atom stereocenters. The largest absolute Gasteiger partial charge is 0.330 e. The average molecular weight is 154 g/mol. The Kier molecular flexibility index (Phi) is 3.17. The van der Waals surface area contributed by atoms with Crippen LogP contribution in [0.4, 0.5) is 0 Å². The zero-order valence-corrected chi connectivity index (χ0v) is 6.47. The van der Waals surface area contributed by atoms with Crippen molar-refractivity contribution in [3.8, 4) is 0 Å². The molecule has 1 fully saturated rings. The fourth-order valence-electron chi connectivity index (χ4n) is 0.604. The number of hydrogen-bond acceptors (Lipinski definition) is 2. The van der Waals surface area contributed by atoms with E-state index in [1.54, 1.807) is 0 Å². The van der Waals surface area contributed by atoms with Crippen molar-refractivity contribution >= 4 is 25.0 Å². The minimum absolute atomic E-state index is 0. The Labute approximate surface area is 61.8 Å². The Balaban J connectivity index is 0.000000490. The third-order valence-electron chi connectivity index (χ3n) is 1.73. The lowest BCUT2D eigenvalue weighted by molar-refractivity contribution is 0.602. The molecule has 0 bridgehead atoms. The molecule has 1 nitrogen and oxygen atoms in total. The highest BCUT2D eigenvalue weighted by Crippen LogP contribution is 2.44. The zero-order chi connectivity index (χ0) is 5.33. The molecule has 0 aromatic carbocycles. The van der Waals surface area contributed by atoms with Crippen LogP contribution in [0, 0.1) is 5.41 Å². The molecule has 0 aliphatic heterocycles. The van der Waals surface area contributed by atoms with Gasteiger partial charge < -0.3 is 5.73 Å². The molecular formula is C5H12ClNS. The standard InChI is InChI=1S/C5H11NS.ClH/c6-3-5(4-7)1-2-5;/h7H,1-4,6H2;1H. The molecule has 2 N–H and O–H groups in total. The number of rotatable bonds is 2. The highest BCUT2D eigenvalue weighted by atomic mass is 35.5. The quantitative estimate of drug-likeness (QED) is 0.571. The Morgan fingerprint density at radius 3 is 2.00 bits per heavy atom. The van der Waals surface area contributed by atoms with Crippen molar-refractivity contribution in [1.82, 2.24) is 0 Å². The van der Waals surface area contributed by atoms with Crippen LogP contribution in [-0.4, -0.2) is 12.3 Å². The van der Waals surface area contributed by atoms with Crippen LogP contribution in [0.25, 0.3) is 0 Å². The summed E-state index contributed by atoms with van der Waals surface area (Å²) in [5.41, 5.74) is 5.91. The topological polar surface area (TPSA) is 26.0 Å². The van der Waals surface area contributed by atoms with Gasteiger partial charge >= 0.3 is 0 Å². The van der Waals surface area contributed by atoms with E-state index in [2.05, 4.69) is 12.6 Å². The molecule has 0 aromatic heterocycles. The Hall–Kier alpha value is 0.600. The smallest absolute Gasteiger partial charge is 0.00127 e. The maximum Gasteiger partial charge on any atom is -0.00127 e. The van der Waals surface area contributed by atoms with Crippen molar-refractivity contribution in [3.63, 3.8) is 0 Å². The molecule has 0 unspecified atom stereocenters. The zero-order valence-electron chi connectivity index (χ0n) is 4.76. The first-order valence-corrected chi connectivity index (χ1v) is 3.27. The lowest BCUT2D eigenvalue weighted by atomic mass is 10.1. The van der Waals surface area contributed by atoms with Gasteiger partial charge in [-0.1, -0.05) is 0 Å². The van der Waals surface area contributed by atoms with Gasteiger partial charge in [0.25, 0.3) is 0 Å². The van der Waals surface area contributed by atoms with Crippen molar-refractivity contribution in [3.05, 3.63) is 0 Å². The van der Waals surface area contributed by atoms with Crippen LogP contribution in [0.15, 0.2) is 0 Å². The summed E-state index contributed by atoms with van der Waals surface area (Å²) in [6, 6.07) is 0. The van der Waals surface area contributed by atoms with Gasteiger partial charge in [0, 0.05) is 0 Å². The van der Waals surface area contributed by atoms with Gasteiger partial charge in [0.1, 0.15) is 0 Å². The van der Waals surface area contributed by atoms with E-state index < -0.39 is 0 Å². The predicted molar refractivity (Wildman–Crippen MR) is 41.8 cm³/mol. The molecule has 0 aromatic rings. The van der Waals surface area contributed by atoms with Gasteiger partial charge in [0.2, 0.25) is 0 Å². The molecular weight excluding hydrogens is 142 g/mol. The van der Waals surface area contributed by atoms with Crippen LogP contribution in [0.2, 0.25) is 0 Å². The van der Waals surface area contributed by atoms with E-state index in [0.717, 1.165) is 12.3 Å². The molecule has 0 amide bonds. The fraction of sp³-hybridized carbons (Fsp3) is 1.00. The summed E-state index contributed by atoms with van der Waals surface area (Å²) in [5.74, 6) is 0.976. The van der Waals surface area contributed by atoms with E-state index in [1.165, 1.54) is 12.8 Å². The maximum absolute atomic E-state index is 5.43. The molecule has 0 radical (unpaired) electrons. The van der Waals surface area contributed by atoms with Crippen LogP contribution in [0.3, 0.4) is 0 Å². The van der Waals surface area contributed by atoms with Gasteiger partial charge in [0.15, 0.2) is 0 Å². The van der Waals surface area contributed by atoms with Crippen molar-refractivity contribution in [1.29, 1.82) is 0 Å². The third kappa shape index (κ3) is 1.54. The second-order valence-electron chi connectivity index (χ2n) is 2.36. The number of halogens is 1. The summed E-state index contributed by atoms with van der Waals surface area (Å²) in [5, 5.41) is 0. The summed E-state index contributed by atoms with van der Waals surface area (Å²) < 4.78 is 0. The van der Waals surface area contributed by atoms with E-state index in [0.29, 0.717) is 5.41 Å². The van der Waals surface area contributed by atoms with Gasteiger partial charge in [-0.2, -0.15) is 12.6 Å². The third-order valence-corrected chi connectivity index (χ3v) is 2.40. The van der Waals surface area contributed by atoms with Crippen LogP contribution < -0.4 is 5.73 Å². The van der Waals surface area contributed by atoms with Gasteiger partial charge in [-0.25, -0.2) is 0 Å². The van der Waals surface area contributed by atoms with E-state index in [-0.39, 0.29) is 12.4 Å². The Morgan fingerprint density at radius 1 is 1.50 bits per heavy atom. The minimum atomic E-state index is 0. The van der Waals surface area contributed by atoms with Gasteiger partial charge in [0.05, 0.1) is 0 Å². The summed E-state index contributed by atoms with van der Waals surface area (Å²) in [7, 11) is 0. The molecule has 1 aliphatic carbocycles. The van der Waals surface area contributed by atoms with Crippen molar-refractivity contribution < 1.29 is 0 Å². The number of hydrogen-bond donors (Lipinski definition) is 2. The molecule has 50 valence electrons. The summed E-state index contributed by atoms with van der Waals surface area (Å²) in [4.78, 5) is 0. The summed E-state index contributed by atoms with van der Waals surface area (Å²) >= 11 is 4.16. The lowest BCUT2D eigenvalue weighted by Gasteiger charge is -2.04. The first kappa shape index (κ1) is 8.60. The number of nitrogens with two attached hydrogens (primary N) is 1. The molecule has 1 rings (SSSR count). The maximum atomic E-state index is 5.43. The van der Waals surface area contributed by atoms with Crippen LogP contribution >= 0.6 is 25.0 Å². The first-order chi connectivity index (χ1) is 3.33. The molecule has 1 saturated carbocycles. The average Bonchev–Trinajstić information content (AvgIpc) is 2.46. The van der Waals surface area contributed by atoms with Crippen molar-refractivity contribution in [2.75, 3.05) is 12.3 Å². The summed E-state index contributed by atoms with van der Waals surface area (Å²) in [6.07, 6.45) is 2.60. The Morgan fingerprint density at radius 2 is 2.00 bits per heavy atom. The van der Waals surface area contributed by atoms with Gasteiger partial charge in [-0.05, 0) is 30.6 Å². The number of thiol groups is 1. The van der Waals surface area contributed by atoms with Gasteiger partial charge in [-0.15, -0.1) is 12.4 Å². The van der Waals surface area contributed by atoms with Crippen LogP contribution in [0.1, 0.15) is 12.8 Å². The monoisotopic (exact) mass is 153 g/mol. The second kappa shape index (κ2) is 2.95. The molecule has 0 heterocycles. The fourth-order valence-corrected chi connectivity index (χ4v) is 1.05. The van der Waals surface area contributed by atoms with Crippen molar-refractivity contribution in [2.24, 2.45) is 11.1 Å². The van der Waals surface area contributed by atoms with Crippen LogP contribution in [0.5, 0.6) is 0 Å². The van der Waals surface area contributed by atoms with E-state index in [4.69, 9.17) is 5.73 Å². The summed E-state index contributed by atoms with van der Waals surface area (Å²) in [6.45, 7) is 0.830. The highest BCUT2D eigenvalue weighted by Gasteiger charge is 2.39. The SMILES string of the molecule is Cl.NCC1(CS)CC1. The minimum Gasteiger partial charge on any atom is -0.330 e. The van der Waals surface area contributed by atoms with Crippen LogP contribution in [-0.2, 0) is 0 Å². The predicted octanol–water partition coefficient (Wildman–Crippen LogP) is 1.08. The first-order valence-electron chi connectivity index (χ1n) is 2.64. The normalized spacial score (nSPS) is 21.8. The highest BCUT2D eigenvalue weighted by molar-refractivity contribution is 7.80. The van der Waals surface area contributed by atoms with E-state index in [1.807, 2.05) is 0 Å². The molecule has 8 heavy (non-hydrogen) atoms. The lowest BCUT2D eigenvalue weighted by Crippen LogP contribution is -2.16. The van der Waals surface area contributed by atoms with E-state index in [9.17, 15) is 0 Å². The molecule has 1 aliphatic rings. The molecule has 0 spiro atoms. The van der Waals surface area contributed by atoms with Crippen molar-refractivity contribution in [2.45, 2.75) is 12.8 Å². The molecule has 3 heteroatoms. The Bertz CT molecular complexity index is 66.8. The second-order valence-corrected chi connectivity index (χ2v) is 2.68. The molecule has 0 saturated heterocycles. The van der Waals surface area contributed by atoms with Gasteiger partial charge in [-0.3, -0.25) is 0 Å². The van der Waals surface area contributed by atoms with E-state index >= 15 is 0 Å².